The van der Waals surface area contributed by atoms with Crippen LogP contribution in [0.25, 0.3) is 0 Å². The molecule has 47 heavy (non-hydrogen) atoms. The first-order valence-corrected chi connectivity index (χ1v) is 18.5. The zero-order chi connectivity index (χ0) is 34.4. The van der Waals surface area contributed by atoms with E-state index in [0.717, 1.165) is 57.8 Å². The summed E-state index contributed by atoms with van der Waals surface area (Å²) in [5.74, 6) is 0.784. The average Bonchev–Trinajstić information content (AvgIpc) is 3.46. The van der Waals surface area contributed by atoms with Crippen molar-refractivity contribution in [1.82, 2.24) is 0 Å². The number of methoxy groups -OCH3 is 1. The Balaban J connectivity index is 1.31. The third-order valence-electron chi connectivity index (χ3n) is 15.8. The molecule has 0 aromatic rings. The van der Waals surface area contributed by atoms with Gasteiger partial charge in [-0.1, -0.05) is 66.2 Å². The molecule has 0 radical (unpaired) electrons. The second-order valence-electron chi connectivity index (χ2n) is 18.5. The van der Waals surface area contributed by atoms with Crippen molar-refractivity contribution >= 4 is 11.9 Å². The zero-order valence-corrected chi connectivity index (χ0v) is 31.0. The lowest BCUT2D eigenvalue weighted by atomic mass is 9.33. The maximum absolute atomic E-state index is 14.0. The highest BCUT2D eigenvalue weighted by molar-refractivity contribution is 5.82. The molecule has 6 nitrogen and oxygen atoms in total. The highest BCUT2D eigenvalue weighted by atomic mass is 16.5. The molecule has 10 atom stereocenters. The molecule has 1 aliphatic heterocycles. The lowest BCUT2D eigenvalue weighted by molar-refractivity contribution is -0.208. The molecule has 4 saturated carbocycles. The monoisotopic (exact) mass is 650 g/mol. The molecular formula is C41H62O6. The molecule has 1 heterocycles. The fraction of sp³-hybridized carbons (Fsp3) is 0.805. The van der Waals surface area contributed by atoms with E-state index in [1.165, 1.54) is 18.3 Å². The quantitative estimate of drug-likeness (QED) is 0.186. The molecule has 5 fully saturated rings. The molecule has 0 bridgehead atoms. The van der Waals surface area contributed by atoms with Crippen LogP contribution < -0.4 is 0 Å². The van der Waals surface area contributed by atoms with Crippen LogP contribution in [0, 0.1) is 56.2 Å². The SMILES string of the molecule is C/C=C1\CO[C@@H](/C=C(\C)OC(=O)[C@H]2C[C@]3(C(=O)OC)CC[C@]4(C)C(=CC[C@@H]5[C@@]6(C)CC[C@H](O)C(C)(C)[C@H]6CC[C@]54C)[C@@H]3CC2(C)C)C1. The van der Waals surface area contributed by atoms with Crippen LogP contribution in [0.3, 0.4) is 0 Å². The van der Waals surface area contributed by atoms with Gasteiger partial charge in [-0.3, -0.25) is 9.59 Å². The van der Waals surface area contributed by atoms with Gasteiger partial charge in [-0.15, -0.1) is 0 Å². The summed E-state index contributed by atoms with van der Waals surface area (Å²) in [4.78, 5) is 28.0. The van der Waals surface area contributed by atoms with Gasteiger partial charge in [0.25, 0.3) is 0 Å². The Labute approximate surface area is 284 Å². The van der Waals surface area contributed by atoms with Gasteiger partial charge in [0.05, 0.1) is 37.3 Å². The van der Waals surface area contributed by atoms with Crippen LogP contribution in [0.1, 0.15) is 127 Å². The smallest absolute Gasteiger partial charge is 0.314 e. The molecule has 6 heteroatoms. The largest absolute Gasteiger partial charge is 0.469 e. The van der Waals surface area contributed by atoms with Crippen molar-refractivity contribution < 1.29 is 28.9 Å². The molecule has 0 aromatic heterocycles. The molecule has 1 saturated heterocycles. The molecule has 0 spiro atoms. The van der Waals surface area contributed by atoms with E-state index in [1.807, 2.05) is 19.9 Å². The van der Waals surface area contributed by atoms with Gasteiger partial charge >= 0.3 is 11.9 Å². The summed E-state index contributed by atoms with van der Waals surface area (Å²) in [5.41, 5.74) is 1.74. The Hall–Kier alpha value is -1.92. The predicted molar refractivity (Wildman–Crippen MR) is 184 cm³/mol. The minimum absolute atomic E-state index is 0.0310. The summed E-state index contributed by atoms with van der Waals surface area (Å²) in [6.07, 6.45) is 15.1. The van der Waals surface area contributed by atoms with Crippen LogP contribution in [0.5, 0.6) is 0 Å². The number of fused-ring (bicyclic) bond motifs is 7. The first kappa shape index (κ1) is 34.9. The van der Waals surface area contributed by atoms with E-state index in [1.54, 1.807) is 0 Å². The first-order chi connectivity index (χ1) is 21.9. The Bertz CT molecular complexity index is 1390. The summed E-state index contributed by atoms with van der Waals surface area (Å²) in [6, 6.07) is 0. The molecule has 262 valence electrons. The standard InChI is InChI=1S/C41H62O6/c1-11-26-21-27(46-24-26)20-25(2)47-34(43)30-23-41(35(44)45-10)19-18-39(8)28(29(41)22-36(30,3)4)12-13-32-38(7)16-15-33(42)37(5,6)31(38)14-17-40(32,39)9/h11-12,20,27,29-33,42H,13-19,21-24H2,1-10H3/b25-20+,26-11-/t27-,29-,30+,31+,32+,33-,38-,39+,40+,41+/m0/s1. The van der Waals surface area contributed by atoms with Gasteiger partial charge in [-0.05, 0) is 128 Å². The molecule has 6 rings (SSSR count). The second-order valence-corrected chi connectivity index (χ2v) is 18.5. The van der Waals surface area contributed by atoms with Crippen molar-refractivity contribution in [2.75, 3.05) is 13.7 Å². The van der Waals surface area contributed by atoms with Crippen molar-refractivity contribution in [3.8, 4) is 0 Å². The van der Waals surface area contributed by atoms with E-state index in [9.17, 15) is 14.7 Å². The Morgan fingerprint density at radius 2 is 1.70 bits per heavy atom. The summed E-state index contributed by atoms with van der Waals surface area (Å²) in [7, 11) is 1.51. The van der Waals surface area contributed by atoms with E-state index in [4.69, 9.17) is 14.2 Å². The maximum atomic E-state index is 14.0. The minimum Gasteiger partial charge on any atom is -0.469 e. The fourth-order valence-corrected chi connectivity index (χ4v) is 12.6. The van der Waals surface area contributed by atoms with Crippen LogP contribution in [0.4, 0.5) is 0 Å². The number of carbonyl (C=O) groups is 2. The van der Waals surface area contributed by atoms with Crippen molar-refractivity contribution in [3.63, 3.8) is 0 Å². The van der Waals surface area contributed by atoms with Gasteiger partial charge in [0.1, 0.15) is 5.76 Å². The van der Waals surface area contributed by atoms with Crippen LogP contribution in [0.2, 0.25) is 0 Å². The van der Waals surface area contributed by atoms with Crippen LogP contribution in [-0.4, -0.2) is 43.0 Å². The summed E-state index contributed by atoms with van der Waals surface area (Å²) < 4.78 is 17.5. The highest BCUT2D eigenvalue weighted by Crippen LogP contribution is 2.76. The molecule has 5 aliphatic carbocycles. The molecule has 6 aliphatic rings. The lowest BCUT2D eigenvalue weighted by Crippen LogP contribution is -2.65. The number of hydrogen-bond acceptors (Lipinski definition) is 6. The second kappa shape index (κ2) is 11.6. The fourth-order valence-electron chi connectivity index (χ4n) is 12.6. The lowest BCUT2D eigenvalue weighted by Gasteiger charge is -2.71. The first-order valence-electron chi connectivity index (χ1n) is 18.5. The number of rotatable bonds is 4. The number of carbonyl (C=O) groups excluding carboxylic acids is 2. The van der Waals surface area contributed by atoms with Crippen molar-refractivity contribution in [2.24, 2.45) is 56.2 Å². The number of hydrogen-bond donors (Lipinski definition) is 1. The van der Waals surface area contributed by atoms with Gasteiger partial charge in [0, 0.05) is 6.42 Å². The van der Waals surface area contributed by atoms with Gasteiger partial charge in [0.2, 0.25) is 0 Å². The normalized spacial score (nSPS) is 46.3. The van der Waals surface area contributed by atoms with Crippen LogP contribution >= 0.6 is 0 Å². The summed E-state index contributed by atoms with van der Waals surface area (Å²) in [6.45, 7) is 21.1. The summed E-state index contributed by atoms with van der Waals surface area (Å²) in [5, 5.41) is 11.1. The number of aliphatic hydroxyl groups excluding tert-OH is 1. The third kappa shape index (κ3) is 5.07. The van der Waals surface area contributed by atoms with Crippen molar-refractivity contribution in [2.45, 2.75) is 139 Å². The average molecular weight is 651 g/mol. The number of esters is 2. The number of aliphatic hydroxyl groups is 1. The van der Waals surface area contributed by atoms with E-state index >= 15 is 0 Å². The Morgan fingerprint density at radius 3 is 2.36 bits per heavy atom. The third-order valence-corrected chi connectivity index (χ3v) is 15.8. The van der Waals surface area contributed by atoms with E-state index in [-0.39, 0.29) is 57.1 Å². The summed E-state index contributed by atoms with van der Waals surface area (Å²) >= 11 is 0. The minimum atomic E-state index is -0.743. The van der Waals surface area contributed by atoms with Crippen LogP contribution in [0.15, 0.2) is 35.1 Å². The van der Waals surface area contributed by atoms with Gasteiger partial charge in [0.15, 0.2) is 0 Å². The number of allylic oxidation sites excluding steroid dienone is 4. The maximum Gasteiger partial charge on any atom is 0.314 e. The zero-order valence-electron chi connectivity index (χ0n) is 31.0. The van der Waals surface area contributed by atoms with E-state index in [2.05, 4.69) is 60.6 Å². The molecular weight excluding hydrogens is 588 g/mol. The Kier molecular flexibility index (Phi) is 8.60. The number of ether oxygens (including phenoxy) is 3. The van der Waals surface area contributed by atoms with Crippen LogP contribution in [-0.2, 0) is 23.8 Å². The molecule has 0 aromatic carbocycles. The van der Waals surface area contributed by atoms with Crippen molar-refractivity contribution in [1.29, 1.82) is 0 Å². The molecule has 0 unspecified atom stereocenters. The van der Waals surface area contributed by atoms with E-state index in [0.29, 0.717) is 30.6 Å². The van der Waals surface area contributed by atoms with Crippen molar-refractivity contribution in [3.05, 3.63) is 35.1 Å². The van der Waals surface area contributed by atoms with Gasteiger partial charge in [-0.25, -0.2) is 0 Å². The van der Waals surface area contributed by atoms with Gasteiger partial charge in [-0.2, -0.15) is 0 Å². The molecule has 0 amide bonds. The highest BCUT2D eigenvalue weighted by Gasteiger charge is 2.70. The topological polar surface area (TPSA) is 82.1 Å². The van der Waals surface area contributed by atoms with E-state index < -0.39 is 11.3 Å². The predicted octanol–water partition coefficient (Wildman–Crippen LogP) is 8.73. The Morgan fingerprint density at radius 1 is 0.979 bits per heavy atom. The molecule has 1 N–H and O–H groups in total. The van der Waals surface area contributed by atoms with Gasteiger partial charge < -0.3 is 19.3 Å².